The van der Waals surface area contributed by atoms with Crippen molar-refractivity contribution in [3.05, 3.63) is 82.2 Å². The molecule has 0 saturated heterocycles. The number of halogens is 6. The highest BCUT2D eigenvalue weighted by Gasteiger charge is 2.36. The lowest BCUT2D eigenvalue weighted by atomic mass is 9.98. The van der Waals surface area contributed by atoms with Crippen molar-refractivity contribution in [3.63, 3.8) is 0 Å². The molecule has 0 saturated carbocycles. The number of benzene rings is 2. The fourth-order valence-corrected chi connectivity index (χ4v) is 3.50. The number of hydrogen-bond donors (Lipinski definition) is 3. The molecular formula is C23H21F6N5O. The minimum Gasteiger partial charge on any atom is -0.369 e. The van der Waals surface area contributed by atoms with E-state index in [1.165, 1.54) is 6.07 Å². The van der Waals surface area contributed by atoms with E-state index in [9.17, 15) is 31.1 Å². The van der Waals surface area contributed by atoms with Gasteiger partial charge in [0.25, 0.3) is 0 Å². The van der Waals surface area contributed by atoms with Gasteiger partial charge in [0.2, 0.25) is 11.9 Å². The first-order valence-corrected chi connectivity index (χ1v) is 10.3. The van der Waals surface area contributed by atoms with Gasteiger partial charge < -0.3 is 16.8 Å². The molecule has 0 unspecified atom stereocenters. The van der Waals surface area contributed by atoms with Crippen molar-refractivity contribution in [1.29, 1.82) is 0 Å². The Morgan fingerprint density at radius 3 is 2.17 bits per heavy atom. The number of primary amides is 1. The number of nitrogens with one attached hydrogen (secondary N) is 1. The van der Waals surface area contributed by atoms with E-state index in [2.05, 4.69) is 15.3 Å². The number of nitrogens with zero attached hydrogens (tertiary/aromatic N) is 2. The molecule has 0 fully saturated rings. The smallest absolute Gasteiger partial charge is 0.369 e. The molecule has 3 rings (SSSR count). The number of carbonyl (C=O) groups is 1. The Hall–Kier alpha value is -3.67. The van der Waals surface area contributed by atoms with Crippen LogP contribution >= 0.6 is 0 Å². The van der Waals surface area contributed by atoms with Crippen molar-refractivity contribution >= 4 is 17.5 Å². The minimum absolute atomic E-state index is 0.0853. The first kappa shape index (κ1) is 25.9. The largest absolute Gasteiger partial charge is 0.419 e. The van der Waals surface area contributed by atoms with Crippen LogP contribution in [0.5, 0.6) is 0 Å². The number of hydrogen-bond acceptors (Lipinski definition) is 5. The van der Waals surface area contributed by atoms with Crippen molar-refractivity contribution in [2.45, 2.75) is 38.2 Å². The van der Waals surface area contributed by atoms with Gasteiger partial charge in [-0.1, -0.05) is 30.3 Å². The first-order chi connectivity index (χ1) is 16.4. The highest BCUT2D eigenvalue weighted by molar-refractivity contribution is 5.77. The van der Waals surface area contributed by atoms with Gasteiger partial charge in [0, 0.05) is 12.7 Å². The zero-order chi connectivity index (χ0) is 25.8. The maximum Gasteiger partial charge on any atom is 0.419 e. The molecule has 0 aliphatic carbocycles. The standard InChI is InChI=1S/C23H21F6N5O/c24-22(25,26)16-9-13(11-30)5-7-18(16)33-21-32-12-17(23(27,28)29)19(34-21)8-6-14-3-1-2-4-15(14)10-20(31)35/h1-5,7,9,12H,6,8,10-11,30H2,(H2,31,35)(H,32,33,34). The third-order valence-corrected chi connectivity index (χ3v) is 5.16. The average molecular weight is 497 g/mol. The predicted octanol–water partition coefficient (Wildman–Crippen LogP) is 4.53. The molecule has 0 bridgehead atoms. The second-order valence-corrected chi connectivity index (χ2v) is 7.67. The summed E-state index contributed by atoms with van der Waals surface area (Å²) in [5, 5.41) is 2.37. The second kappa shape index (κ2) is 10.3. The lowest BCUT2D eigenvalue weighted by molar-refractivity contribution is -0.139. The number of aryl methyl sites for hydroxylation is 2. The molecule has 186 valence electrons. The van der Waals surface area contributed by atoms with Crippen LogP contribution in [0.25, 0.3) is 0 Å². The average Bonchev–Trinajstić information content (AvgIpc) is 2.77. The minimum atomic E-state index is -4.78. The van der Waals surface area contributed by atoms with Crippen molar-refractivity contribution in [1.82, 2.24) is 9.97 Å². The van der Waals surface area contributed by atoms with Gasteiger partial charge in [-0.25, -0.2) is 9.97 Å². The number of amides is 1. The Balaban J connectivity index is 1.95. The number of alkyl halides is 6. The van der Waals surface area contributed by atoms with Gasteiger partial charge in [0.15, 0.2) is 0 Å². The Kier molecular flexibility index (Phi) is 7.64. The van der Waals surface area contributed by atoms with Crippen LogP contribution in [0.2, 0.25) is 0 Å². The third-order valence-electron chi connectivity index (χ3n) is 5.16. The van der Waals surface area contributed by atoms with Crippen molar-refractivity contribution in [2.24, 2.45) is 11.5 Å². The van der Waals surface area contributed by atoms with Gasteiger partial charge in [-0.05, 0) is 41.7 Å². The molecule has 1 heterocycles. The van der Waals surface area contributed by atoms with Crippen LogP contribution in [0.15, 0.2) is 48.7 Å². The van der Waals surface area contributed by atoms with Crippen molar-refractivity contribution in [3.8, 4) is 0 Å². The van der Waals surface area contributed by atoms with Crippen LogP contribution in [0, 0.1) is 0 Å². The fourth-order valence-electron chi connectivity index (χ4n) is 3.50. The summed E-state index contributed by atoms with van der Waals surface area (Å²) in [7, 11) is 0. The predicted molar refractivity (Wildman–Crippen MR) is 116 cm³/mol. The molecule has 3 aromatic rings. The maximum absolute atomic E-state index is 13.6. The van der Waals surface area contributed by atoms with Gasteiger partial charge in [-0.3, -0.25) is 4.79 Å². The van der Waals surface area contributed by atoms with Gasteiger partial charge in [0.1, 0.15) is 0 Å². The van der Waals surface area contributed by atoms with Gasteiger partial charge in [-0.2, -0.15) is 26.3 Å². The Morgan fingerprint density at radius 2 is 1.57 bits per heavy atom. The van der Waals surface area contributed by atoms with E-state index in [-0.39, 0.29) is 31.4 Å². The summed E-state index contributed by atoms with van der Waals surface area (Å²) in [6.45, 7) is -0.123. The van der Waals surface area contributed by atoms with Gasteiger partial charge in [-0.15, -0.1) is 0 Å². The molecule has 0 aliphatic heterocycles. The second-order valence-electron chi connectivity index (χ2n) is 7.67. The molecule has 2 aromatic carbocycles. The van der Waals surface area contributed by atoms with E-state index in [1.807, 2.05) is 0 Å². The van der Waals surface area contributed by atoms with Crippen molar-refractivity contribution < 1.29 is 31.1 Å². The van der Waals surface area contributed by atoms with Gasteiger partial charge >= 0.3 is 12.4 Å². The maximum atomic E-state index is 13.6. The molecule has 6 nitrogen and oxygen atoms in total. The molecule has 0 aliphatic rings. The summed E-state index contributed by atoms with van der Waals surface area (Å²) in [5.41, 5.74) is 9.06. The molecule has 12 heteroatoms. The Bertz CT molecular complexity index is 1210. The van der Waals surface area contributed by atoms with Crippen LogP contribution in [0.3, 0.4) is 0 Å². The van der Waals surface area contributed by atoms with E-state index in [0.29, 0.717) is 17.3 Å². The van der Waals surface area contributed by atoms with E-state index < -0.39 is 46.7 Å². The highest BCUT2D eigenvalue weighted by Crippen LogP contribution is 2.37. The molecule has 0 radical (unpaired) electrons. The summed E-state index contributed by atoms with van der Waals surface area (Å²) >= 11 is 0. The number of carbonyl (C=O) groups excluding carboxylic acids is 1. The molecule has 1 aromatic heterocycles. The van der Waals surface area contributed by atoms with Crippen LogP contribution < -0.4 is 16.8 Å². The lowest BCUT2D eigenvalue weighted by Crippen LogP contribution is -2.16. The fraction of sp³-hybridized carbons (Fsp3) is 0.261. The summed E-state index contributed by atoms with van der Waals surface area (Å²) in [5.74, 6) is -1.02. The van der Waals surface area contributed by atoms with Gasteiger partial charge in [0.05, 0.1) is 28.9 Å². The van der Waals surface area contributed by atoms with Crippen LogP contribution in [0.1, 0.15) is 33.5 Å². The summed E-state index contributed by atoms with van der Waals surface area (Å²) in [6.07, 6.45) is -9.20. The summed E-state index contributed by atoms with van der Waals surface area (Å²) in [4.78, 5) is 18.8. The monoisotopic (exact) mass is 497 g/mol. The normalized spacial score (nSPS) is 12.0. The third kappa shape index (κ3) is 6.69. The molecule has 1 amide bonds. The van der Waals surface area contributed by atoms with Crippen LogP contribution in [-0.4, -0.2) is 15.9 Å². The first-order valence-electron chi connectivity index (χ1n) is 10.3. The quantitative estimate of drug-likeness (QED) is 0.397. The van der Waals surface area contributed by atoms with Crippen molar-refractivity contribution in [2.75, 3.05) is 5.32 Å². The summed E-state index contributed by atoms with van der Waals surface area (Å²) < 4.78 is 81.2. The zero-order valence-electron chi connectivity index (χ0n) is 18.2. The molecule has 0 atom stereocenters. The number of nitrogens with two attached hydrogens (primary N) is 2. The lowest BCUT2D eigenvalue weighted by Gasteiger charge is -2.17. The number of anilines is 2. The van der Waals surface area contributed by atoms with E-state index in [1.54, 1.807) is 24.3 Å². The molecule has 0 spiro atoms. The molecular weight excluding hydrogens is 476 g/mol. The van der Waals surface area contributed by atoms with Crippen LogP contribution in [-0.2, 0) is 43.0 Å². The Morgan fingerprint density at radius 1 is 0.914 bits per heavy atom. The SMILES string of the molecule is NCc1ccc(Nc2ncc(C(F)(F)F)c(CCc3ccccc3CC(N)=O)n2)c(C(F)(F)F)c1. The van der Waals surface area contributed by atoms with E-state index in [4.69, 9.17) is 11.5 Å². The number of rotatable bonds is 8. The van der Waals surface area contributed by atoms with Crippen LogP contribution in [0.4, 0.5) is 38.0 Å². The van der Waals surface area contributed by atoms with E-state index in [0.717, 1.165) is 12.1 Å². The zero-order valence-corrected chi connectivity index (χ0v) is 18.2. The number of aromatic nitrogens is 2. The highest BCUT2D eigenvalue weighted by atomic mass is 19.4. The summed E-state index contributed by atoms with van der Waals surface area (Å²) in [6, 6.07) is 9.96. The molecule has 5 N–H and O–H groups in total. The van der Waals surface area contributed by atoms with E-state index >= 15 is 0 Å². The Labute approximate surface area is 196 Å². The topological polar surface area (TPSA) is 107 Å². The molecule has 35 heavy (non-hydrogen) atoms.